The predicted molar refractivity (Wildman–Crippen MR) is 83.8 cm³/mol. The summed E-state index contributed by atoms with van der Waals surface area (Å²) in [6.07, 6.45) is -1.60. The van der Waals surface area contributed by atoms with Gasteiger partial charge >= 0.3 is 6.18 Å². The van der Waals surface area contributed by atoms with Gasteiger partial charge in [-0.05, 0) is 23.6 Å². The molecule has 10 heteroatoms. The SMILES string of the molecule is Cn1nncc1S(=O)(=O)N1CC=C(c2ccccc2C(F)(F)F)CC1. The van der Waals surface area contributed by atoms with Crippen molar-refractivity contribution in [3.8, 4) is 0 Å². The normalized spacial score (nSPS) is 16.7. The molecule has 1 aromatic heterocycles. The van der Waals surface area contributed by atoms with Crippen LogP contribution in [0.5, 0.6) is 0 Å². The minimum absolute atomic E-state index is 0.00492. The smallest absolute Gasteiger partial charge is 0.236 e. The molecule has 0 fully saturated rings. The van der Waals surface area contributed by atoms with E-state index in [0.717, 1.165) is 16.9 Å². The van der Waals surface area contributed by atoms with Crippen LogP contribution in [0.2, 0.25) is 0 Å². The Labute approximate surface area is 142 Å². The van der Waals surface area contributed by atoms with Crippen LogP contribution in [0.1, 0.15) is 17.5 Å². The molecule has 0 saturated carbocycles. The summed E-state index contributed by atoms with van der Waals surface area (Å²) >= 11 is 0. The van der Waals surface area contributed by atoms with E-state index in [1.165, 1.54) is 35.6 Å². The van der Waals surface area contributed by atoms with Crippen molar-refractivity contribution >= 4 is 15.6 Å². The molecule has 0 spiro atoms. The van der Waals surface area contributed by atoms with Crippen molar-refractivity contribution in [3.05, 3.63) is 47.7 Å². The molecular weight excluding hydrogens is 357 g/mol. The standard InChI is InChI=1S/C15H15F3N4O2S/c1-21-14(10-19-20-21)25(23,24)22-8-6-11(7-9-22)12-4-2-3-5-13(12)15(16,17)18/h2-6,10H,7-9H2,1H3. The van der Waals surface area contributed by atoms with Crippen LogP contribution in [0.3, 0.4) is 0 Å². The number of nitrogens with zero attached hydrogens (tertiary/aromatic N) is 4. The van der Waals surface area contributed by atoms with Crippen LogP contribution in [0.25, 0.3) is 5.57 Å². The van der Waals surface area contributed by atoms with Gasteiger partial charge in [-0.25, -0.2) is 13.1 Å². The van der Waals surface area contributed by atoms with Crippen molar-refractivity contribution in [2.75, 3.05) is 13.1 Å². The van der Waals surface area contributed by atoms with Gasteiger partial charge in [-0.1, -0.05) is 29.5 Å². The van der Waals surface area contributed by atoms with E-state index in [0.29, 0.717) is 5.57 Å². The molecule has 0 radical (unpaired) electrons. The summed E-state index contributed by atoms with van der Waals surface area (Å²) in [5.74, 6) is 0. The molecule has 6 nitrogen and oxygen atoms in total. The Bertz CT molecular complexity index is 919. The summed E-state index contributed by atoms with van der Waals surface area (Å²) in [5, 5.41) is 7.09. The molecule has 1 aliphatic heterocycles. The summed E-state index contributed by atoms with van der Waals surface area (Å²) in [5.41, 5.74) is -0.134. The molecular formula is C15H15F3N4O2S. The molecule has 2 aromatic rings. The summed E-state index contributed by atoms with van der Waals surface area (Å²) in [4.78, 5) is 0. The fourth-order valence-corrected chi connectivity index (χ4v) is 4.19. The molecule has 0 saturated heterocycles. The second-order valence-electron chi connectivity index (χ2n) is 5.58. The molecule has 2 heterocycles. The van der Waals surface area contributed by atoms with E-state index in [2.05, 4.69) is 10.3 Å². The number of sulfonamides is 1. The third kappa shape index (κ3) is 3.31. The highest BCUT2D eigenvalue weighted by Gasteiger charge is 2.35. The molecule has 1 aliphatic rings. The van der Waals surface area contributed by atoms with E-state index < -0.39 is 21.8 Å². The Morgan fingerprint density at radius 1 is 1.20 bits per heavy atom. The molecule has 0 unspecified atom stereocenters. The first-order chi connectivity index (χ1) is 11.7. The Morgan fingerprint density at radius 3 is 2.48 bits per heavy atom. The molecule has 134 valence electrons. The van der Waals surface area contributed by atoms with Gasteiger partial charge in [-0.2, -0.15) is 17.5 Å². The van der Waals surface area contributed by atoms with Gasteiger partial charge in [0.2, 0.25) is 0 Å². The first-order valence-electron chi connectivity index (χ1n) is 7.41. The minimum atomic E-state index is -4.46. The van der Waals surface area contributed by atoms with E-state index in [1.54, 1.807) is 0 Å². The van der Waals surface area contributed by atoms with Gasteiger partial charge in [-0.15, -0.1) is 5.10 Å². The second kappa shape index (κ2) is 6.26. The summed E-state index contributed by atoms with van der Waals surface area (Å²) in [7, 11) is -2.33. The Hall–Kier alpha value is -2.20. The fourth-order valence-electron chi connectivity index (χ4n) is 2.77. The van der Waals surface area contributed by atoms with E-state index in [-0.39, 0.29) is 30.1 Å². The van der Waals surface area contributed by atoms with Gasteiger partial charge < -0.3 is 0 Å². The van der Waals surface area contributed by atoms with Gasteiger partial charge in [0.15, 0.2) is 5.03 Å². The van der Waals surface area contributed by atoms with Crippen LogP contribution >= 0.6 is 0 Å². The van der Waals surface area contributed by atoms with Gasteiger partial charge in [0, 0.05) is 20.1 Å². The highest BCUT2D eigenvalue weighted by molar-refractivity contribution is 7.89. The molecule has 0 amide bonds. The first-order valence-corrected chi connectivity index (χ1v) is 8.86. The zero-order valence-electron chi connectivity index (χ0n) is 13.2. The van der Waals surface area contributed by atoms with Gasteiger partial charge in [0.25, 0.3) is 10.0 Å². The second-order valence-corrected chi connectivity index (χ2v) is 7.47. The van der Waals surface area contributed by atoms with Crippen LogP contribution in [0, 0.1) is 0 Å². The number of aryl methyl sites for hydroxylation is 1. The summed E-state index contributed by atoms with van der Waals surface area (Å²) < 4.78 is 66.9. The van der Waals surface area contributed by atoms with Crippen LogP contribution < -0.4 is 0 Å². The van der Waals surface area contributed by atoms with Crippen molar-refractivity contribution in [2.45, 2.75) is 17.6 Å². The van der Waals surface area contributed by atoms with E-state index in [1.807, 2.05) is 0 Å². The van der Waals surface area contributed by atoms with Gasteiger partial charge in [0.05, 0.1) is 11.8 Å². The third-order valence-electron chi connectivity index (χ3n) is 4.03. The average Bonchev–Trinajstić information content (AvgIpc) is 3.01. The molecule has 1 aromatic carbocycles. The van der Waals surface area contributed by atoms with Crippen LogP contribution in [0.4, 0.5) is 13.2 Å². The topological polar surface area (TPSA) is 68.1 Å². The lowest BCUT2D eigenvalue weighted by atomic mass is 9.95. The van der Waals surface area contributed by atoms with Crippen molar-refractivity contribution < 1.29 is 21.6 Å². The number of hydrogen-bond acceptors (Lipinski definition) is 4. The first kappa shape index (κ1) is 17.6. The molecule has 25 heavy (non-hydrogen) atoms. The van der Waals surface area contributed by atoms with Crippen LogP contribution in [-0.2, 0) is 23.2 Å². The maximum Gasteiger partial charge on any atom is 0.416 e. The van der Waals surface area contributed by atoms with Gasteiger partial charge in [0.1, 0.15) is 0 Å². The number of hydrogen-bond donors (Lipinski definition) is 0. The molecule has 0 N–H and O–H groups in total. The highest BCUT2D eigenvalue weighted by atomic mass is 32.2. The number of aromatic nitrogens is 3. The largest absolute Gasteiger partial charge is 0.416 e. The lowest BCUT2D eigenvalue weighted by Crippen LogP contribution is -2.35. The fraction of sp³-hybridized carbons (Fsp3) is 0.333. The number of benzene rings is 1. The minimum Gasteiger partial charge on any atom is -0.236 e. The maximum absolute atomic E-state index is 13.1. The third-order valence-corrected chi connectivity index (χ3v) is 5.94. The monoisotopic (exact) mass is 372 g/mol. The van der Waals surface area contributed by atoms with Crippen LogP contribution in [-0.4, -0.2) is 40.8 Å². The van der Waals surface area contributed by atoms with E-state index in [9.17, 15) is 21.6 Å². The van der Waals surface area contributed by atoms with E-state index in [4.69, 9.17) is 0 Å². The molecule has 0 bridgehead atoms. The number of halogens is 3. The van der Waals surface area contributed by atoms with Crippen molar-refractivity contribution in [1.82, 2.24) is 19.3 Å². The van der Waals surface area contributed by atoms with Crippen molar-refractivity contribution in [3.63, 3.8) is 0 Å². The zero-order valence-corrected chi connectivity index (χ0v) is 14.0. The maximum atomic E-state index is 13.1. The number of rotatable bonds is 3. The Balaban J connectivity index is 1.89. The van der Waals surface area contributed by atoms with E-state index >= 15 is 0 Å². The lowest BCUT2D eigenvalue weighted by molar-refractivity contribution is -0.137. The summed E-state index contributed by atoms with van der Waals surface area (Å²) in [6, 6.07) is 5.31. The van der Waals surface area contributed by atoms with Crippen molar-refractivity contribution in [1.29, 1.82) is 0 Å². The van der Waals surface area contributed by atoms with Gasteiger partial charge in [-0.3, -0.25) is 0 Å². The predicted octanol–water partition coefficient (Wildman–Crippen LogP) is 2.31. The molecule has 0 atom stereocenters. The zero-order chi connectivity index (χ0) is 18.2. The highest BCUT2D eigenvalue weighted by Crippen LogP contribution is 2.37. The van der Waals surface area contributed by atoms with Crippen molar-refractivity contribution in [2.24, 2.45) is 7.05 Å². The van der Waals surface area contributed by atoms with Crippen LogP contribution in [0.15, 0.2) is 41.6 Å². The number of alkyl halides is 3. The summed E-state index contributed by atoms with van der Waals surface area (Å²) in [6.45, 7) is 0.0839. The quantitative estimate of drug-likeness (QED) is 0.829. The lowest BCUT2D eigenvalue weighted by Gasteiger charge is -2.26. The molecule has 0 aliphatic carbocycles. The average molecular weight is 372 g/mol. The molecule has 3 rings (SSSR count). The Kier molecular flexibility index (Phi) is 4.41. The Morgan fingerprint density at radius 2 is 1.92 bits per heavy atom.